The van der Waals surface area contributed by atoms with Crippen LogP contribution in [0.1, 0.15) is 6.92 Å². The van der Waals surface area contributed by atoms with Crippen LogP contribution in [-0.4, -0.2) is 29.7 Å². The van der Waals surface area contributed by atoms with Gasteiger partial charge in [0.1, 0.15) is 18.7 Å². The number of hydrogen-bond acceptors (Lipinski definition) is 4. The van der Waals surface area contributed by atoms with Gasteiger partial charge in [-0.3, -0.25) is 0 Å². The van der Waals surface area contributed by atoms with Crippen molar-refractivity contribution in [2.24, 2.45) is 16.5 Å². The van der Waals surface area contributed by atoms with Crippen molar-refractivity contribution in [2.75, 3.05) is 6.61 Å². The minimum absolute atomic E-state index is 0.0222. The number of nitrogens with one attached hydrogen (secondary N) is 1. The van der Waals surface area contributed by atoms with Crippen LogP contribution < -0.4 is 16.8 Å². The standard InChI is InChI=1S/C10H14ClN5O2/c1-6(15-10(13)17)18-5-8(12)16-9-7(11)3-2-4-14-9/h2-4,6H,5H2,1H3,(H2,12,14,16)(H3,13,15,17). The summed E-state index contributed by atoms with van der Waals surface area (Å²) in [4.78, 5) is 18.5. The van der Waals surface area contributed by atoms with E-state index in [0.717, 1.165) is 0 Å². The third kappa shape index (κ3) is 4.98. The average Bonchev–Trinajstić information content (AvgIpc) is 2.29. The minimum Gasteiger partial charge on any atom is -0.385 e. The summed E-state index contributed by atoms with van der Waals surface area (Å²) < 4.78 is 5.19. The summed E-state index contributed by atoms with van der Waals surface area (Å²) in [7, 11) is 0. The second-order valence-corrected chi connectivity index (χ2v) is 3.78. The summed E-state index contributed by atoms with van der Waals surface area (Å²) in [5.74, 6) is 0.504. The van der Waals surface area contributed by atoms with Crippen LogP contribution in [-0.2, 0) is 4.74 Å². The number of aromatic nitrogens is 1. The van der Waals surface area contributed by atoms with Crippen LogP contribution in [0.2, 0.25) is 5.02 Å². The van der Waals surface area contributed by atoms with Crippen molar-refractivity contribution >= 4 is 29.3 Å². The predicted molar refractivity (Wildman–Crippen MR) is 68.7 cm³/mol. The zero-order valence-corrected chi connectivity index (χ0v) is 10.5. The third-order valence-electron chi connectivity index (χ3n) is 1.82. The highest BCUT2D eigenvalue weighted by molar-refractivity contribution is 6.32. The maximum atomic E-state index is 10.5. The molecule has 1 unspecified atom stereocenters. The number of amidine groups is 1. The van der Waals surface area contributed by atoms with Crippen molar-refractivity contribution in [1.82, 2.24) is 10.3 Å². The maximum Gasteiger partial charge on any atom is 0.314 e. The van der Waals surface area contributed by atoms with E-state index in [1.807, 2.05) is 0 Å². The Morgan fingerprint density at radius 1 is 1.67 bits per heavy atom. The Hall–Kier alpha value is -1.86. The van der Waals surface area contributed by atoms with Crippen LogP contribution in [0.25, 0.3) is 0 Å². The zero-order chi connectivity index (χ0) is 13.5. The highest BCUT2D eigenvalue weighted by Crippen LogP contribution is 2.20. The van der Waals surface area contributed by atoms with Gasteiger partial charge < -0.3 is 21.5 Å². The lowest BCUT2D eigenvalue weighted by Crippen LogP contribution is -2.39. The lowest BCUT2D eigenvalue weighted by atomic mass is 10.4. The van der Waals surface area contributed by atoms with Crippen LogP contribution in [0.3, 0.4) is 0 Å². The normalized spacial score (nSPS) is 13.1. The van der Waals surface area contributed by atoms with Gasteiger partial charge in [0.15, 0.2) is 5.82 Å². The molecule has 5 N–H and O–H groups in total. The van der Waals surface area contributed by atoms with Crippen LogP contribution in [0.5, 0.6) is 0 Å². The maximum absolute atomic E-state index is 10.5. The van der Waals surface area contributed by atoms with Gasteiger partial charge in [0, 0.05) is 6.20 Å². The van der Waals surface area contributed by atoms with E-state index in [2.05, 4.69) is 15.3 Å². The van der Waals surface area contributed by atoms with Crippen LogP contribution in [0.15, 0.2) is 23.3 Å². The smallest absolute Gasteiger partial charge is 0.314 e. The number of primary amides is 1. The number of nitrogens with two attached hydrogens (primary N) is 2. The number of halogens is 1. The molecule has 1 aromatic heterocycles. The molecule has 98 valence electrons. The van der Waals surface area contributed by atoms with Crippen molar-refractivity contribution in [3.63, 3.8) is 0 Å². The van der Waals surface area contributed by atoms with E-state index in [1.165, 1.54) is 0 Å². The number of urea groups is 1. The van der Waals surface area contributed by atoms with E-state index in [1.54, 1.807) is 25.3 Å². The van der Waals surface area contributed by atoms with Gasteiger partial charge in [-0.15, -0.1) is 0 Å². The molecule has 0 saturated heterocycles. The lowest BCUT2D eigenvalue weighted by molar-refractivity contribution is 0.0775. The largest absolute Gasteiger partial charge is 0.385 e. The van der Waals surface area contributed by atoms with E-state index in [9.17, 15) is 4.79 Å². The number of carbonyl (C=O) groups is 1. The van der Waals surface area contributed by atoms with Gasteiger partial charge in [-0.1, -0.05) is 11.6 Å². The van der Waals surface area contributed by atoms with E-state index in [4.69, 9.17) is 27.8 Å². The summed E-state index contributed by atoms with van der Waals surface area (Å²) in [5, 5.41) is 2.73. The van der Waals surface area contributed by atoms with Crippen molar-refractivity contribution in [3.05, 3.63) is 23.4 Å². The molecule has 1 aromatic rings. The van der Waals surface area contributed by atoms with E-state index < -0.39 is 12.3 Å². The molecule has 7 nitrogen and oxygen atoms in total. The molecule has 1 heterocycles. The minimum atomic E-state index is -0.675. The summed E-state index contributed by atoms with van der Waals surface area (Å²) in [6, 6.07) is 2.66. The molecule has 0 saturated carbocycles. The van der Waals surface area contributed by atoms with Crippen molar-refractivity contribution < 1.29 is 9.53 Å². The van der Waals surface area contributed by atoms with Gasteiger partial charge in [0.25, 0.3) is 0 Å². The van der Waals surface area contributed by atoms with Crippen LogP contribution in [0.4, 0.5) is 10.6 Å². The molecular weight excluding hydrogens is 258 g/mol. The number of pyridine rings is 1. The van der Waals surface area contributed by atoms with Gasteiger partial charge in [-0.2, -0.15) is 0 Å². The molecule has 0 radical (unpaired) electrons. The van der Waals surface area contributed by atoms with Crippen molar-refractivity contribution in [3.8, 4) is 0 Å². The Balaban J connectivity index is 2.53. The first-order valence-electron chi connectivity index (χ1n) is 5.10. The van der Waals surface area contributed by atoms with E-state index >= 15 is 0 Å². The highest BCUT2D eigenvalue weighted by Gasteiger charge is 2.05. The Bertz CT molecular complexity index is 452. The number of rotatable bonds is 5. The number of nitrogens with zero attached hydrogens (tertiary/aromatic N) is 2. The molecule has 18 heavy (non-hydrogen) atoms. The SMILES string of the molecule is CC(NC(N)=O)OC/C(N)=N/c1ncccc1Cl. The number of amides is 2. The molecule has 0 fully saturated rings. The molecule has 0 aliphatic rings. The predicted octanol–water partition coefficient (Wildman–Crippen LogP) is 0.755. The zero-order valence-electron chi connectivity index (χ0n) is 9.76. The monoisotopic (exact) mass is 271 g/mol. The van der Waals surface area contributed by atoms with E-state index in [0.29, 0.717) is 10.8 Å². The summed E-state index contributed by atoms with van der Waals surface area (Å²) in [6.45, 7) is 1.64. The molecule has 8 heteroatoms. The molecule has 2 amide bonds. The Morgan fingerprint density at radius 3 is 3.00 bits per heavy atom. The van der Waals surface area contributed by atoms with Crippen molar-refractivity contribution in [1.29, 1.82) is 0 Å². The Morgan fingerprint density at radius 2 is 2.39 bits per heavy atom. The van der Waals surface area contributed by atoms with Gasteiger partial charge in [-0.25, -0.2) is 14.8 Å². The summed E-state index contributed by atoms with van der Waals surface area (Å²) in [6.07, 6.45) is 0.992. The quantitative estimate of drug-likeness (QED) is 0.416. The molecule has 1 rings (SSSR count). The topological polar surface area (TPSA) is 116 Å². The fourth-order valence-electron chi connectivity index (χ4n) is 1.08. The average molecular weight is 272 g/mol. The molecule has 0 aliphatic heterocycles. The molecule has 0 spiro atoms. The summed E-state index contributed by atoms with van der Waals surface area (Å²) >= 11 is 5.86. The first-order valence-corrected chi connectivity index (χ1v) is 5.48. The third-order valence-corrected chi connectivity index (χ3v) is 2.11. The Kier molecular flexibility index (Phi) is 5.34. The van der Waals surface area contributed by atoms with Gasteiger partial charge >= 0.3 is 6.03 Å². The van der Waals surface area contributed by atoms with E-state index in [-0.39, 0.29) is 12.4 Å². The second-order valence-electron chi connectivity index (χ2n) is 3.37. The second kappa shape index (κ2) is 6.77. The molecule has 0 aromatic carbocycles. The number of carbonyl (C=O) groups excluding carboxylic acids is 1. The fraction of sp³-hybridized carbons (Fsp3) is 0.300. The highest BCUT2D eigenvalue weighted by atomic mass is 35.5. The Labute approximate surface area is 109 Å². The molecule has 0 bridgehead atoms. The number of aliphatic imine (C=N–C) groups is 1. The molecule has 0 aliphatic carbocycles. The van der Waals surface area contributed by atoms with Gasteiger partial charge in [-0.05, 0) is 19.1 Å². The lowest BCUT2D eigenvalue weighted by Gasteiger charge is -2.12. The van der Waals surface area contributed by atoms with Crippen LogP contribution >= 0.6 is 11.6 Å². The van der Waals surface area contributed by atoms with Crippen molar-refractivity contribution in [2.45, 2.75) is 13.2 Å². The fourth-order valence-corrected chi connectivity index (χ4v) is 1.24. The van der Waals surface area contributed by atoms with Gasteiger partial charge in [0.05, 0.1) is 5.02 Å². The van der Waals surface area contributed by atoms with Crippen LogP contribution in [0, 0.1) is 0 Å². The molecule has 1 atom stereocenters. The summed E-state index contributed by atoms with van der Waals surface area (Å²) in [5.41, 5.74) is 10.6. The molecular formula is C10H14ClN5O2. The first kappa shape index (κ1) is 14.2. The number of hydrogen-bond donors (Lipinski definition) is 3. The first-order chi connectivity index (χ1) is 8.49. The number of ether oxygens (including phenoxy) is 1. The van der Waals surface area contributed by atoms with Gasteiger partial charge in [0.2, 0.25) is 0 Å².